The van der Waals surface area contributed by atoms with Crippen LogP contribution in [0.25, 0.3) is 23.0 Å². The summed E-state index contributed by atoms with van der Waals surface area (Å²) >= 11 is 0. The van der Waals surface area contributed by atoms with E-state index in [0.29, 0.717) is 23.0 Å². The molecule has 0 aliphatic carbocycles. The lowest BCUT2D eigenvalue weighted by molar-refractivity contribution is 0.0697. The van der Waals surface area contributed by atoms with Gasteiger partial charge in [0, 0.05) is 12.6 Å². The maximum atomic E-state index is 10.8. The smallest absolute Gasteiger partial charge is 0.335 e. The first-order valence-corrected chi connectivity index (χ1v) is 5.79. The van der Waals surface area contributed by atoms with Gasteiger partial charge in [0.1, 0.15) is 5.69 Å². The molecule has 0 saturated heterocycles. The van der Waals surface area contributed by atoms with Gasteiger partial charge in [-0.15, -0.1) is 0 Å². The highest BCUT2D eigenvalue weighted by atomic mass is 16.5. The molecule has 0 saturated carbocycles. The van der Waals surface area contributed by atoms with Crippen LogP contribution >= 0.6 is 0 Å². The minimum Gasteiger partial charge on any atom is -0.478 e. The Bertz CT molecular complexity index is 758. The van der Waals surface area contributed by atoms with Crippen LogP contribution in [0.5, 0.6) is 0 Å². The van der Waals surface area contributed by atoms with Crippen LogP contribution in [0.2, 0.25) is 0 Å². The van der Waals surface area contributed by atoms with Gasteiger partial charge in [0.2, 0.25) is 5.82 Å². The fourth-order valence-electron chi connectivity index (χ4n) is 1.77. The summed E-state index contributed by atoms with van der Waals surface area (Å²) in [6.45, 7) is 0. The maximum absolute atomic E-state index is 10.8. The number of aryl methyl sites for hydroxylation is 1. The monoisotopic (exact) mass is 270 g/mol. The van der Waals surface area contributed by atoms with Gasteiger partial charge in [-0.3, -0.25) is 0 Å². The van der Waals surface area contributed by atoms with Gasteiger partial charge in [-0.2, -0.15) is 4.98 Å². The first-order valence-electron chi connectivity index (χ1n) is 5.79. The van der Waals surface area contributed by atoms with E-state index in [1.807, 2.05) is 7.05 Å². The lowest BCUT2D eigenvalue weighted by atomic mass is 10.1. The molecule has 0 aliphatic rings. The minimum atomic E-state index is -0.972. The molecule has 0 aliphatic heterocycles. The fourth-order valence-corrected chi connectivity index (χ4v) is 1.77. The van der Waals surface area contributed by atoms with Gasteiger partial charge in [0.15, 0.2) is 0 Å². The predicted molar refractivity (Wildman–Crippen MR) is 68.9 cm³/mol. The number of nitrogens with zero attached hydrogens (tertiary/aromatic N) is 4. The first-order chi connectivity index (χ1) is 9.65. The number of carbonyl (C=O) groups is 1. The zero-order chi connectivity index (χ0) is 14.1. The summed E-state index contributed by atoms with van der Waals surface area (Å²) < 4.78 is 6.95. The Kier molecular flexibility index (Phi) is 2.79. The Morgan fingerprint density at radius 1 is 1.30 bits per heavy atom. The third-order valence-corrected chi connectivity index (χ3v) is 2.85. The largest absolute Gasteiger partial charge is 0.478 e. The van der Waals surface area contributed by atoms with E-state index in [0.717, 1.165) is 0 Å². The highest BCUT2D eigenvalue weighted by Gasteiger charge is 2.13. The van der Waals surface area contributed by atoms with Gasteiger partial charge in [-0.05, 0) is 12.1 Å². The molecule has 0 amide bonds. The molecule has 2 heterocycles. The van der Waals surface area contributed by atoms with Crippen molar-refractivity contribution in [3.05, 3.63) is 42.4 Å². The third-order valence-electron chi connectivity index (χ3n) is 2.85. The number of imidazole rings is 1. The fraction of sp³-hybridized carbons (Fsp3) is 0.0769. The molecule has 1 aromatic carbocycles. The molecule has 0 fully saturated rings. The zero-order valence-corrected chi connectivity index (χ0v) is 10.5. The molecule has 0 bridgehead atoms. The van der Waals surface area contributed by atoms with Crippen molar-refractivity contribution in [3.63, 3.8) is 0 Å². The van der Waals surface area contributed by atoms with Crippen LogP contribution in [-0.4, -0.2) is 30.8 Å². The van der Waals surface area contributed by atoms with Crippen molar-refractivity contribution in [1.29, 1.82) is 0 Å². The molecule has 1 N–H and O–H groups in total. The van der Waals surface area contributed by atoms with Gasteiger partial charge >= 0.3 is 5.97 Å². The Labute approximate surface area is 113 Å². The molecule has 0 spiro atoms. The normalized spacial score (nSPS) is 10.7. The highest BCUT2D eigenvalue weighted by Crippen LogP contribution is 2.21. The lowest BCUT2D eigenvalue weighted by Crippen LogP contribution is -1.95. The molecule has 2 aromatic heterocycles. The van der Waals surface area contributed by atoms with E-state index in [2.05, 4.69) is 15.1 Å². The van der Waals surface area contributed by atoms with E-state index in [4.69, 9.17) is 9.63 Å². The maximum Gasteiger partial charge on any atom is 0.335 e. The molecule has 3 aromatic rings. The van der Waals surface area contributed by atoms with Crippen molar-refractivity contribution in [2.75, 3.05) is 0 Å². The molecule has 0 unspecified atom stereocenters. The Balaban J connectivity index is 1.94. The molecular formula is C13H10N4O3. The first kappa shape index (κ1) is 12.1. The lowest BCUT2D eigenvalue weighted by Gasteiger charge is -1.96. The van der Waals surface area contributed by atoms with E-state index in [9.17, 15) is 4.79 Å². The minimum absolute atomic E-state index is 0.212. The van der Waals surface area contributed by atoms with Crippen molar-refractivity contribution < 1.29 is 14.4 Å². The molecule has 100 valence electrons. The molecule has 20 heavy (non-hydrogen) atoms. The molecular weight excluding hydrogens is 260 g/mol. The quantitative estimate of drug-likeness (QED) is 0.780. The van der Waals surface area contributed by atoms with E-state index in [-0.39, 0.29) is 5.56 Å². The summed E-state index contributed by atoms with van der Waals surface area (Å²) in [6, 6.07) is 6.28. The SMILES string of the molecule is Cn1cncc1-c1nc(-c2ccc(C(=O)O)cc2)no1. The zero-order valence-electron chi connectivity index (χ0n) is 10.5. The average Bonchev–Trinajstić information content (AvgIpc) is 3.07. The van der Waals surface area contributed by atoms with Crippen molar-refractivity contribution >= 4 is 5.97 Å². The number of benzene rings is 1. The summed E-state index contributed by atoms with van der Waals surface area (Å²) in [7, 11) is 1.83. The van der Waals surface area contributed by atoms with Crippen LogP contribution in [0.3, 0.4) is 0 Å². The number of rotatable bonds is 3. The van der Waals surface area contributed by atoms with E-state index >= 15 is 0 Å². The van der Waals surface area contributed by atoms with E-state index in [1.54, 1.807) is 29.2 Å². The summed E-state index contributed by atoms with van der Waals surface area (Å²) in [6.07, 6.45) is 3.27. The summed E-state index contributed by atoms with van der Waals surface area (Å²) in [5.41, 5.74) is 1.61. The van der Waals surface area contributed by atoms with Gasteiger partial charge in [0.25, 0.3) is 5.89 Å². The predicted octanol–water partition coefficient (Wildman–Crippen LogP) is 1.84. The molecule has 0 radical (unpaired) electrons. The molecule has 3 rings (SSSR count). The van der Waals surface area contributed by atoms with Crippen LogP contribution in [-0.2, 0) is 7.05 Å². The molecule has 7 nitrogen and oxygen atoms in total. The average molecular weight is 270 g/mol. The summed E-state index contributed by atoms with van der Waals surface area (Å²) in [5.74, 6) is -0.208. The highest BCUT2D eigenvalue weighted by molar-refractivity contribution is 5.88. The van der Waals surface area contributed by atoms with Crippen LogP contribution in [0.1, 0.15) is 10.4 Å². The van der Waals surface area contributed by atoms with E-state index in [1.165, 1.54) is 12.1 Å². The number of hydrogen-bond acceptors (Lipinski definition) is 5. The topological polar surface area (TPSA) is 94.0 Å². The van der Waals surface area contributed by atoms with Gasteiger partial charge < -0.3 is 14.2 Å². The van der Waals surface area contributed by atoms with Crippen molar-refractivity contribution in [2.45, 2.75) is 0 Å². The standard InChI is InChI=1S/C13H10N4O3/c1-17-7-14-6-10(17)12-15-11(16-20-12)8-2-4-9(5-3-8)13(18)19/h2-7H,1H3,(H,18,19). The van der Waals surface area contributed by atoms with Crippen LogP contribution in [0, 0.1) is 0 Å². The Morgan fingerprint density at radius 3 is 2.65 bits per heavy atom. The van der Waals surface area contributed by atoms with Crippen LogP contribution < -0.4 is 0 Å². The second-order valence-electron chi connectivity index (χ2n) is 4.20. The van der Waals surface area contributed by atoms with Crippen molar-refractivity contribution in [3.8, 4) is 23.0 Å². The summed E-state index contributed by atoms with van der Waals surface area (Å²) in [5, 5.41) is 12.7. The summed E-state index contributed by atoms with van der Waals surface area (Å²) in [4.78, 5) is 19.0. The second-order valence-corrected chi connectivity index (χ2v) is 4.20. The van der Waals surface area contributed by atoms with E-state index < -0.39 is 5.97 Å². The molecule has 0 atom stereocenters. The van der Waals surface area contributed by atoms with Gasteiger partial charge in [0.05, 0.1) is 18.1 Å². The van der Waals surface area contributed by atoms with Crippen LogP contribution in [0.15, 0.2) is 41.3 Å². The third kappa shape index (κ3) is 2.05. The van der Waals surface area contributed by atoms with Gasteiger partial charge in [-0.25, -0.2) is 9.78 Å². The number of aromatic nitrogens is 4. The number of aromatic carboxylic acids is 1. The number of carboxylic acid groups (broad SMARTS) is 1. The van der Waals surface area contributed by atoms with Gasteiger partial charge in [-0.1, -0.05) is 17.3 Å². The Hall–Kier alpha value is -2.96. The number of carboxylic acids is 1. The van der Waals surface area contributed by atoms with Crippen molar-refractivity contribution in [1.82, 2.24) is 19.7 Å². The second kappa shape index (κ2) is 4.61. The number of hydrogen-bond donors (Lipinski definition) is 1. The Morgan fingerprint density at radius 2 is 2.05 bits per heavy atom. The van der Waals surface area contributed by atoms with Crippen LogP contribution in [0.4, 0.5) is 0 Å². The van der Waals surface area contributed by atoms with Crippen molar-refractivity contribution in [2.24, 2.45) is 7.05 Å². The molecule has 7 heteroatoms.